The van der Waals surface area contributed by atoms with Crippen molar-refractivity contribution in [3.05, 3.63) is 194 Å². The lowest BCUT2D eigenvalue weighted by Crippen LogP contribution is -2.00. The first kappa shape index (κ1) is 32.6. The minimum Gasteiger partial charge on any atom is -0.298 e. The molecule has 0 N–H and O–H groups in total. The van der Waals surface area contributed by atoms with E-state index in [0.717, 1.165) is 77.8 Å². The fourth-order valence-electron chi connectivity index (χ4n) is 7.88. The van der Waals surface area contributed by atoms with Crippen molar-refractivity contribution >= 4 is 38.1 Å². The van der Waals surface area contributed by atoms with E-state index in [1.54, 1.807) is 0 Å². The van der Waals surface area contributed by atoms with Crippen molar-refractivity contribution in [2.24, 2.45) is 0 Å². The third-order valence-corrected chi connectivity index (χ3v) is 10.6. The zero-order valence-electron chi connectivity index (χ0n) is 30.7. The van der Waals surface area contributed by atoms with Crippen LogP contribution in [0.3, 0.4) is 0 Å². The molecule has 57 heavy (non-hydrogen) atoms. The van der Waals surface area contributed by atoms with Crippen molar-refractivity contribution < 1.29 is 0 Å². The van der Waals surface area contributed by atoms with Gasteiger partial charge in [0.25, 0.3) is 0 Å². The molecular weight excluding hydrogens is 697 g/mol. The van der Waals surface area contributed by atoms with Crippen LogP contribution in [0.15, 0.2) is 194 Å². The van der Waals surface area contributed by atoms with Gasteiger partial charge < -0.3 is 0 Å². The summed E-state index contributed by atoms with van der Waals surface area (Å²) in [7, 11) is 0. The molecule has 0 saturated heterocycles. The molecule has 0 aliphatic rings. The SMILES string of the molecule is c1ccc(-c2nc(-c3ccccc3)nc(-c3ccc(-c4nc5c6c(ccn5c4-c4ccccc4)c(-c4ccc5ccccc5c4)nc4ccccc46)cc3)n2)cc1. The largest absolute Gasteiger partial charge is 0.298 e. The summed E-state index contributed by atoms with van der Waals surface area (Å²) in [6.45, 7) is 0. The Morgan fingerprint density at radius 2 is 0.860 bits per heavy atom. The Bertz CT molecular complexity index is 3210. The second-order valence-corrected chi connectivity index (χ2v) is 14.1. The molecule has 266 valence electrons. The Morgan fingerprint density at radius 3 is 1.53 bits per heavy atom. The van der Waals surface area contributed by atoms with E-state index in [1.165, 1.54) is 10.8 Å². The predicted molar refractivity (Wildman–Crippen MR) is 232 cm³/mol. The number of imidazole rings is 1. The Hall–Kier alpha value is -7.83. The van der Waals surface area contributed by atoms with Crippen molar-refractivity contribution in [1.82, 2.24) is 29.3 Å². The molecule has 0 aliphatic carbocycles. The maximum absolute atomic E-state index is 5.53. The van der Waals surface area contributed by atoms with E-state index in [0.29, 0.717) is 17.5 Å². The Balaban J connectivity index is 1.11. The van der Waals surface area contributed by atoms with Crippen LogP contribution in [0.1, 0.15) is 0 Å². The topological polar surface area (TPSA) is 68.9 Å². The van der Waals surface area contributed by atoms with Gasteiger partial charge in [0.05, 0.1) is 22.6 Å². The van der Waals surface area contributed by atoms with Gasteiger partial charge in [0, 0.05) is 55.7 Å². The van der Waals surface area contributed by atoms with E-state index in [4.69, 9.17) is 24.9 Å². The maximum Gasteiger partial charge on any atom is 0.164 e. The van der Waals surface area contributed by atoms with Gasteiger partial charge in [-0.25, -0.2) is 24.9 Å². The van der Waals surface area contributed by atoms with Crippen LogP contribution in [0.25, 0.3) is 106 Å². The number of rotatable bonds is 6. The molecule has 6 nitrogen and oxygen atoms in total. The molecule has 0 amide bonds. The van der Waals surface area contributed by atoms with Crippen LogP contribution in [0.2, 0.25) is 0 Å². The summed E-state index contributed by atoms with van der Waals surface area (Å²) in [4.78, 5) is 25.6. The molecule has 0 fully saturated rings. The highest BCUT2D eigenvalue weighted by Crippen LogP contribution is 2.40. The van der Waals surface area contributed by atoms with Crippen molar-refractivity contribution in [2.45, 2.75) is 0 Å². The third-order valence-electron chi connectivity index (χ3n) is 10.6. The number of fused-ring (bicyclic) bond motifs is 6. The van der Waals surface area contributed by atoms with Crippen molar-refractivity contribution in [3.8, 4) is 67.9 Å². The number of hydrogen-bond donors (Lipinski definition) is 0. The van der Waals surface area contributed by atoms with Crippen LogP contribution in [-0.4, -0.2) is 29.3 Å². The lowest BCUT2D eigenvalue weighted by atomic mass is 9.99. The fourth-order valence-corrected chi connectivity index (χ4v) is 7.88. The van der Waals surface area contributed by atoms with Gasteiger partial charge >= 0.3 is 0 Å². The molecule has 0 radical (unpaired) electrons. The van der Waals surface area contributed by atoms with Crippen LogP contribution >= 0.6 is 0 Å². The predicted octanol–water partition coefficient (Wildman–Crippen LogP) is 12.4. The van der Waals surface area contributed by atoms with Gasteiger partial charge in [-0.15, -0.1) is 0 Å². The molecule has 0 aliphatic heterocycles. The summed E-state index contributed by atoms with van der Waals surface area (Å²) in [5, 5.41) is 5.57. The van der Waals surface area contributed by atoms with Gasteiger partial charge in [-0.3, -0.25) is 4.40 Å². The maximum atomic E-state index is 5.53. The molecule has 0 unspecified atom stereocenters. The van der Waals surface area contributed by atoms with Crippen LogP contribution < -0.4 is 0 Å². The van der Waals surface area contributed by atoms with E-state index in [2.05, 4.69) is 132 Å². The Kier molecular flexibility index (Phi) is 7.71. The summed E-state index contributed by atoms with van der Waals surface area (Å²) < 4.78 is 2.24. The van der Waals surface area contributed by atoms with Gasteiger partial charge in [0.15, 0.2) is 17.5 Å². The molecule has 11 rings (SSSR count). The smallest absolute Gasteiger partial charge is 0.164 e. The zero-order valence-corrected chi connectivity index (χ0v) is 30.7. The first-order chi connectivity index (χ1) is 28.2. The zero-order chi connectivity index (χ0) is 37.7. The minimum absolute atomic E-state index is 0.610. The summed E-state index contributed by atoms with van der Waals surface area (Å²) in [5.74, 6) is 1.87. The standard InChI is InChI=1S/C51H32N6/c1-4-15-35(16-5-1)47-46(34-25-27-38(28-26-34)50-55-48(36-17-6-2-7-18-36)54-49(56-50)37-19-8-3-9-20-37)53-51-44-41-22-12-13-23-43(41)52-45(42(44)30-31-57(47)51)40-29-24-33-14-10-11-21-39(33)32-40/h1-32H. The van der Waals surface area contributed by atoms with Crippen LogP contribution in [0.5, 0.6) is 0 Å². The molecule has 0 atom stereocenters. The molecule has 7 aromatic carbocycles. The number of benzene rings is 7. The van der Waals surface area contributed by atoms with Crippen molar-refractivity contribution in [2.75, 3.05) is 0 Å². The molecule has 4 aromatic heterocycles. The number of para-hydroxylation sites is 1. The van der Waals surface area contributed by atoms with Gasteiger partial charge in [0.1, 0.15) is 5.65 Å². The average molecular weight is 729 g/mol. The summed E-state index contributed by atoms with van der Waals surface area (Å²) in [5.41, 5.74) is 10.6. The molecule has 11 aromatic rings. The van der Waals surface area contributed by atoms with Crippen LogP contribution in [-0.2, 0) is 0 Å². The first-order valence-electron chi connectivity index (χ1n) is 19.0. The number of nitrogens with zero attached hydrogens (tertiary/aromatic N) is 6. The summed E-state index contributed by atoms with van der Waals surface area (Å²) in [6.07, 6.45) is 2.15. The molecule has 0 saturated carbocycles. The highest BCUT2D eigenvalue weighted by molar-refractivity contribution is 6.17. The normalized spacial score (nSPS) is 11.5. The number of pyridine rings is 2. The molecule has 0 spiro atoms. The van der Waals surface area contributed by atoms with E-state index >= 15 is 0 Å². The average Bonchev–Trinajstić information content (AvgIpc) is 3.69. The third kappa shape index (κ3) is 5.70. The van der Waals surface area contributed by atoms with Crippen LogP contribution in [0.4, 0.5) is 0 Å². The highest BCUT2D eigenvalue weighted by Gasteiger charge is 2.21. The van der Waals surface area contributed by atoms with Gasteiger partial charge in [-0.2, -0.15) is 0 Å². The second-order valence-electron chi connectivity index (χ2n) is 14.1. The number of hydrogen-bond acceptors (Lipinski definition) is 5. The van der Waals surface area contributed by atoms with Gasteiger partial charge in [-0.05, 0) is 29.0 Å². The Labute approximate surface area is 328 Å². The highest BCUT2D eigenvalue weighted by atomic mass is 15.0. The monoisotopic (exact) mass is 728 g/mol. The summed E-state index contributed by atoms with van der Waals surface area (Å²) in [6, 6.07) is 64.7. The first-order valence-corrected chi connectivity index (χ1v) is 19.0. The lowest BCUT2D eigenvalue weighted by molar-refractivity contribution is 1.07. The number of aromatic nitrogens is 6. The molecular formula is C51H32N6. The van der Waals surface area contributed by atoms with E-state index < -0.39 is 0 Å². The fraction of sp³-hybridized carbons (Fsp3) is 0. The Morgan fingerprint density at radius 1 is 0.333 bits per heavy atom. The molecule has 6 heteroatoms. The molecule has 0 bridgehead atoms. The van der Waals surface area contributed by atoms with Crippen LogP contribution in [0, 0.1) is 0 Å². The molecule has 4 heterocycles. The van der Waals surface area contributed by atoms with Crippen molar-refractivity contribution in [1.29, 1.82) is 0 Å². The van der Waals surface area contributed by atoms with Gasteiger partial charge in [-0.1, -0.05) is 170 Å². The van der Waals surface area contributed by atoms with Crippen molar-refractivity contribution in [3.63, 3.8) is 0 Å². The van der Waals surface area contributed by atoms with E-state index in [1.807, 2.05) is 66.7 Å². The summed E-state index contributed by atoms with van der Waals surface area (Å²) >= 11 is 0. The lowest BCUT2D eigenvalue weighted by Gasteiger charge is -2.12. The van der Waals surface area contributed by atoms with Gasteiger partial charge in [0.2, 0.25) is 0 Å². The van der Waals surface area contributed by atoms with E-state index in [-0.39, 0.29) is 0 Å². The quantitative estimate of drug-likeness (QED) is 0.159. The van der Waals surface area contributed by atoms with E-state index in [9.17, 15) is 0 Å². The minimum atomic E-state index is 0.610. The second kappa shape index (κ2) is 13.5.